The minimum Gasteiger partial charge on any atom is -0.394 e. The Balaban J connectivity index is 1.98. The molecule has 6 N–H and O–H groups in total. The van der Waals surface area contributed by atoms with E-state index in [0.717, 1.165) is 23.8 Å². The summed E-state index contributed by atoms with van der Waals surface area (Å²) in [6.07, 6.45) is -0.221. The summed E-state index contributed by atoms with van der Waals surface area (Å²) < 4.78 is 6.41. The smallest absolute Gasteiger partial charge is 0.351 e. The molecule has 1 aliphatic rings. The molecule has 0 radical (unpaired) electrons. The molecule has 1 aromatic heterocycles. The number of nitrogens with two attached hydrogens (primary N) is 1. The molecule has 23 heavy (non-hydrogen) atoms. The number of hydrogen-bond donors (Lipinski definition) is 5. The molecule has 1 fully saturated rings. The number of aliphatic hydroxyl groups excluding tert-OH is 3. The molecular weight excluding hydrogens is 304 g/mol. The van der Waals surface area contributed by atoms with Crippen molar-refractivity contribution in [3.8, 4) is 0 Å². The zero-order chi connectivity index (χ0) is 16.8. The van der Waals surface area contributed by atoms with Crippen molar-refractivity contribution in [1.82, 2.24) is 9.55 Å². The number of ether oxygens (including phenoxy) is 1. The number of unbranched alkanes of at least 4 members (excludes halogenated alkanes) is 2. The Morgan fingerprint density at radius 1 is 1.30 bits per heavy atom. The van der Waals surface area contributed by atoms with Crippen molar-refractivity contribution in [2.75, 3.05) is 25.0 Å². The Kier molecular flexibility index (Phi) is 6.48. The summed E-state index contributed by atoms with van der Waals surface area (Å²) in [5.41, 5.74) is 4.81. The first kappa shape index (κ1) is 17.8. The van der Waals surface area contributed by atoms with E-state index in [1.54, 1.807) is 6.07 Å². The van der Waals surface area contributed by atoms with Crippen LogP contribution < -0.4 is 16.7 Å². The van der Waals surface area contributed by atoms with E-state index in [0.29, 0.717) is 18.9 Å². The molecule has 2 rings (SSSR count). The third kappa shape index (κ3) is 4.27. The van der Waals surface area contributed by atoms with E-state index in [-0.39, 0.29) is 0 Å². The average Bonchev–Trinajstić information content (AvgIpc) is 2.83. The minimum atomic E-state index is -1.30. The fourth-order valence-corrected chi connectivity index (χ4v) is 2.48. The zero-order valence-corrected chi connectivity index (χ0v) is 12.8. The molecule has 4 unspecified atom stereocenters. The van der Waals surface area contributed by atoms with Crippen LogP contribution in [0.3, 0.4) is 0 Å². The molecule has 9 heteroatoms. The van der Waals surface area contributed by atoms with Gasteiger partial charge in [0.15, 0.2) is 6.23 Å². The summed E-state index contributed by atoms with van der Waals surface area (Å²) in [7, 11) is 0. The van der Waals surface area contributed by atoms with Crippen LogP contribution in [-0.4, -0.2) is 62.9 Å². The highest BCUT2D eigenvalue weighted by Gasteiger charge is 2.43. The zero-order valence-electron chi connectivity index (χ0n) is 12.8. The molecule has 1 saturated heterocycles. The number of anilines is 1. The van der Waals surface area contributed by atoms with Gasteiger partial charge < -0.3 is 31.1 Å². The van der Waals surface area contributed by atoms with Crippen LogP contribution in [-0.2, 0) is 4.74 Å². The maximum atomic E-state index is 12.1. The number of aromatic nitrogens is 2. The second-order valence-corrected chi connectivity index (χ2v) is 5.51. The largest absolute Gasteiger partial charge is 0.394 e. The van der Waals surface area contributed by atoms with Crippen molar-refractivity contribution >= 4 is 5.82 Å². The lowest BCUT2D eigenvalue weighted by Crippen LogP contribution is -2.36. The third-order valence-electron chi connectivity index (χ3n) is 3.81. The van der Waals surface area contributed by atoms with Crippen LogP contribution in [0.5, 0.6) is 0 Å². The molecule has 0 bridgehead atoms. The topological polar surface area (TPSA) is 143 Å². The van der Waals surface area contributed by atoms with E-state index in [9.17, 15) is 15.0 Å². The van der Waals surface area contributed by atoms with Gasteiger partial charge in [0.05, 0.1) is 6.61 Å². The van der Waals surface area contributed by atoms with Crippen molar-refractivity contribution in [3.05, 3.63) is 22.7 Å². The second-order valence-electron chi connectivity index (χ2n) is 5.51. The first-order valence-electron chi connectivity index (χ1n) is 7.74. The predicted molar refractivity (Wildman–Crippen MR) is 82.9 cm³/mol. The van der Waals surface area contributed by atoms with Gasteiger partial charge in [-0.2, -0.15) is 4.98 Å². The summed E-state index contributed by atoms with van der Waals surface area (Å²) in [5, 5.41) is 31.8. The van der Waals surface area contributed by atoms with Gasteiger partial charge in [0, 0.05) is 12.7 Å². The highest BCUT2D eigenvalue weighted by molar-refractivity contribution is 5.31. The molecule has 1 aliphatic heterocycles. The SMILES string of the molecule is NCCCCCNc1ccn(C2OC(CO)C(O)C2O)c(=O)n1. The Morgan fingerprint density at radius 2 is 2.09 bits per heavy atom. The van der Waals surface area contributed by atoms with Crippen LogP contribution in [0.4, 0.5) is 5.82 Å². The molecule has 0 amide bonds. The fourth-order valence-electron chi connectivity index (χ4n) is 2.48. The van der Waals surface area contributed by atoms with E-state index in [1.807, 2.05) is 0 Å². The standard InChI is InChI=1S/C14H24N4O5/c15-5-2-1-3-6-16-10-4-7-18(14(22)17-10)13-12(21)11(20)9(8-19)23-13/h4,7,9,11-13,19-21H,1-3,5-6,8,15H2,(H,16,17,22). The summed E-state index contributed by atoms with van der Waals surface area (Å²) in [4.78, 5) is 16.0. The Hall–Kier alpha value is -1.52. The number of nitrogens with zero attached hydrogens (tertiary/aromatic N) is 2. The normalized spacial score (nSPS) is 27.3. The first-order chi connectivity index (χ1) is 11.1. The molecule has 130 valence electrons. The van der Waals surface area contributed by atoms with Crippen molar-refractivity contribution in [2.45, 2.75) is 43.8 Å². The molecular formula is C14H24N4O5. The summed E-state index contributed by atoms with van der Waals surface area (Å²) in [6, 6.07) is 1.60. The van der Waals surface area contributed by atoms with E-state index in [4.69, 9.17) is 15.6 Å². The van der Waals surface area contributed by atoms with Gasteiger partial charge in [-0.15, -0.1) is 0 Å². The van der Waals surface area contributed by atoms with Gasteiger partial charge in [-0.3, -0.25) is 4.57 Å². The highest BCUT2D eigenvalue weighted by atomic mass is 16.6. The molecule has 4 atom stereocenters. The monoisotopic (exact) mass is 328 g/mol. The highest BCUT2D eigenvalue weighted by Crippen LogP contribution is 2.28. The van der Waals surface area contributed by atoms with Gasteiger partial charge in [0.2, 0.25) is 0 Å². The van der Waals surface area contributed by atoms with Crippen LogP contribution >= 0.6 is 0 Å². The van der Waals surface area contributed by atoms with Gasteiger partial charge >= 0.3 is 5.69 Å². The second kappa shape index (κ2) is 8.37. The van der Waals surface area contributed by atoms with Gasteiger partial charge in [0.1, 0.15) is 24.1 Å². The number of aliphatic hydroxyl groups is 3. The molecule has 0 saturated carbocycles. The summed E-state index contributed by atoms with van der Waals surface area (Å²) in [5.74, 6) is 0.436. The first-order valence-corrected chi connectivity index (χ1v) is 7.74. The molecule has 1 aromatic rings. The Bertz CT molecular complexity index is 552. The lowest BCUT2D eigenvalue weighted by atomic mass is 10.1. The fraction of sp³-hybridized carbons (Fsp3) is 0.714. The van der Waals surface area contributed by atoms with Crippen LogP contribution in [0.15, 0.2) is 17.1 Å². The molecule has 0 aliphatic carbocycles. The van der Waals surface area contributed by atoms with Gasteiger partial charge in [-0.25, -0.2) is 4.79 Å². The van der Waals surface area contributed by atoms with Gasteiger partial charge in [-0.1, -0.05) is 6.42 Å². The Morgan fingerprint density at radius 3 is 2.70 bits per heavy atom. The maximum absolute atomic E-state index is 12.1. The van der Waals surface area contributed by atoms with Crippen molar-refractivity contribution in [1.29, 1.82) is 0 Å². The number of hydrogen-bond acceptors (Lipinski definition) is 8. The van der Waals surface area contributed by atoms with Gasteiger partial charge in [-0.05, 0) is 25.5 Å². The van der Waals surface area contributed by atoms with E-state index >= 15 is 0 Å². The van der Waals surface area contributed by atoms with Crippen molar-refractivity contribution < 1.29 is 20.1 Å². The average molecular weight is 328 g/mol. The van der Waals surface area contributed by atoms with Crippen LogP contribution in [0.1, 0.15) is 25.5 Å². The van der Waals surface area contributed by atoms with E-state index < -0.39 is 36.8 Å². The molecule has 9 nitrogen and oxygen atoms in total. The molecule has 0 aromatic carbocycles. The van der Waals surface area contributed by atoms with Crippen LogP contribution in [0.2, 0.25) is 0 Å². The van der Waals surface area contributed by atoms with E-state index in [2.05, 4.69) is 10.3 Å². The summed E-state index contributed by atoms with van der Waals surface area (Å²) >= 11 is 0. The minimum absolute atomic E-state index is 0.436. The summed E-state index contributed by atoms with van der Waals surface area (Å²) in [6.45, 7) is 0.905. The number of nitrogens with one attached hydrogen (secondary N) is 1. The van der Waals surface area contributed by atoms with Crippen molar-refractivity contribution in [2.24, 2.45) is 5.73 Å². The van der Waals surface area contributed by atoms with Crippen molar-refractivity contribution in [3.63, 3.8) is 0 Å². The lowest BCUT2D eigenvalue weighted by molar-refractivity contribution is -0.0549. The van der Waals surface area contributed by atoms with E-state index in [1.165, 1.54) is 6.20 Å². The maximum Gasteiger partial charge on any atom is 0.351 e. The quantitative estimate of drug-likeness (QED) is 0.359. The van der Waals surface area contributed by atoms with Crippen LogP contribution in [0, 0.1) is 0 Å². The predicted octanol–water partition coefficient (Wildman–Crippen LogP) is -1.60. The Labute approximate surface area is 133 Å². The number of rotatable bonds is 8. The molecule has 0 spiro atoms. The third-order valence-corrected chi connectivity index (χ3v) is 3.81. The van der Waals surface area contributed by atoms with Gasteiger partial charge in [0.25, 0.3) is 0 Å². The lowest BCUT2D eigenvalue weighted by Gasteiger charge is -2.17. The van der Waals surface area contributed by atoms with Crippen LogP contribution in [0.25, 0.3) is 0 Å². The molecule has 2 heterocycles.